The first-order valence-electron chi connectivity index (χ1n) is 5.55. The van der Waals surface area contributed by atoms with Crippen molar-refractivity contribution in [1.82, 2.24) is 14.6 Å². The minimum absolute atomic E-state index is 0.354. The van der Waals surface area contributed by atoms with E-state index in [0.29, 0.717) is 17.0 Å². The number of anilines is 1. The number of pyridine rings is 1. The molecule has 17 heavy (non-hydrogen) atoms. The Kier molecular flexibility index (Phi) is 4.12. The highest BCUT2D eigenvalue weighted by atomic mass is 35.5. The average Bonchev–Trinajstić information content (AvgIpc) is 2.67. The topological polar surface area (TPSA) is 42.2 Å². The quantitative estimate of drug-likeness (QED) is 0.907. The molecule has 0 bridgehead atoms. The summed E-state index contributed by atoms with van der Waals surface area (Å²) in [6.45, 7) is 4.28. The number of thioether (sulfide) groups is 1. The van der Waals surface area contributed by atoms with E-state index in [1.807, 2.05) is 23.9 Å². The van der Waals surface area contributed by atoms with Crippen molar-refractivity contribution >= 4 is 35.0 Å². The predicted molar refractivity (Wildman–Crippen MR) is 74.1 cm³/mol. The third-order valence-electron chi connectivity index (χ3n) is 2.24. The van der Waals surface area contributed by atoms with Gasteiger partial charge in [0.15, 0.2) is 5.65 Å². The normalized spacial score (nSPS) is 12.9. The lowest BCUT2D eigenvalue weighted by molar-refractivity contribution is 0.875. The molecule has 0 aliphatic heterocycles. The van der Waals surface area contributed by atoms with Gasteiger partial charge in [-0.3, -0.25) is 0 Å². The highest BCUT2D eigenvalue weighted by Crippen LogP contribution is 2.12. The van der Waals surface area contributed by atoms with Crippen molar-refractivity contribution in [3.8, 4) is 0 Å². The molecule has 2 aromatic rings. The summed E-state index contributed by atoms with van der Waals surface area (Å²) in [5, 5.41) is 8.26. The Balaban J connectivity index is 2.08. The van der Waals surface area contributed by atoms with Gasteiger partial charge in [0.05, 0.1) is 5.02 Å². The molecule has 1 unspecified atom stereocenters. The van der Waals surface area contributed by atoms with E-state index in [2.05, 4.69) is 29.2 Å². The van der Waals surface area contributed by atoms with Crippen LogP contribution in [0.25, 0.3) is 5.65 Å². The molecule has 1 N–H and O–H groups in total. The van der Waals surface area contributed by atoms with Crippen molar-refractivity contribution in [2.45, 2.75) is 19.9 Å². The molecule has 2 aromatic heterocycles. The lowest BCUT2D eigenvalue weighted by atomic mass is 10.4. The molecule has 2 rings (SSSR count). The SMILES string of the molecule is CCSCC(C)Nc1nc2ccc(Cl)cn2n1. The summed E-state index contributed by atoms with van der Waals surface area (Å²) in [5.41, 5.74) is 0.798. The summed E-state index contributed by atoms with van der Waals surface area (Å²) >= 11 is 7.79. The van der Waals surface area contributed by atoms with Crippen LogP contribution in [-0.2, 0) is 0 Å². The first-order chi connectivity index (χ1) is 8.19. The van der Waals surface area contributed by atoms with Gasteiger partial charge in [0.2, 0.25) is 5.95 Å². The molecule has 4 nitrogen and oxygen atoms in total. The van der Waals surface area contributed by atoms with Crippen LogP contribution in [0.1, 0.15) is 13.8 Å². The zero-order valence-corrected chi connectivity index (χ0v) is 11.4. The van der Waals surface area contributed by atoms with Crippen molar-refractivity contribution in [1.29, 1.82) is 0 Å². The summed E-state index contributed by atoms with van der Waals surface area (Å²) in [6, 6.07) is 4.02. The Morgan fingerprint density at radius 1 is 1.53 bits per heavy atom. The number of halogens is 1. The molecular formula is C11H15ClN4S. The third kappa shape index (κ3) is 3.26. The first-order valence-corrected chi connectivity index (χ1v) is 7.08. The van der Waals surface area contributed by atoms with E-state index in [1.165, 1.54) is 0 Å². The summed E-state index contributed by atoms with van der Waals surface area (Å²) < 4.78 is 1.68. The van der Waals surface area contributed by atoms with E-state index in [0.717, 1.165) is 17.2 Å². The Bertz CT molecular complexity index is 499. The molecule has 0 saturated carbocycles. The molecule has 0 radical (unpaired) electrons. The number of fused-ring (bicyclic) bond motifs is 1. The molecule has 6 heteroatoms. The van der Waals surface area contributed by atoms with E-state index < -0.39 is 0 Å². The maximum atomic E-state index is 5.89. The van der Waals surface area contributed by atoms with Gasteiger partial charge >= 0.3 is 0 Å². The molecule has 0 aliphatic carbocycles. The van der Waals surface area contributed by atoms with Crippen LogP contribution in [-0.4, -0.2) is 32.1 Å². The maximum Gasteiger partial charge on any atom is 0.243 e. The summed E-state index contributed by atoms with van der Waals surface area (Å²) in [5.74, 6) is 2.82. The van der Waals surface area contributed by atoms with Gasteiger partial charge in [-0.15, -0.1) is 5.10 Å². The molecule has 0 amide bonds. The largest absolute Gasteiger partial charge is 0.350 e. The van der Waals surface area contributed by atoms with Crippen molar-refractivity contribution in [2.24, 2.45) is 0 Å². The standard InChI is InChI=1S/C11H15ClN4S/c1-3-17-7-8(2)13-11-14-10-5-4-9(12)6-16(10)15-11/h4-6,8H,3,7H2,1-2H3,(H,13,15). The molecule has 2 heterocycles. The van der Waals surface area contributed by atoms with Gasteiger partial charge in [-0.25, -0.2) is 4.52 Å². The van der Waals surface area contributed by atoms with E-state index in [9.17, 15) is 0 Å². The fourth-order valence-corrected chi connectivity index (χ4v) is 2.30. The molecule has 92 valence electrons. The molecule has 0 aliphatic rings. The van der Waals surface area contributed by atoms with Gasteiger partial charge in [0, 0.05) is 18.0 Å². The molecule has 1 atom stereocenters. The van der Waals surface area contributed by atoms with Crippen molar-refractivity contribution in [3.05, 3.63) is 23.4 Å². The third-order valence-corrected chi connectivity index (χ3v) is 3.61. The second-order valence-corrected chi connectivity index (χ2v) is 5.55. The molecule has 0 fully saturated rings. The second-order valence-electron chi connectivity index (χ2n) is 3.79. The van der Waals surface area contributed by atoms with Crippen LogP contribution in [0, 0.1) is 0 Å². The van der Waals surface area contributed by atoms with E-state index in [-0.39, 0.29) is 0 Å². The Labute approximate surface area is 110 Å². The average molecular weight is 271 g/mol. The van der Waals surface area contributed by atoms with E-state index in [1.54, 1.807) is 10.7 Å². The Hall–Kier alpha value is -0.940. The molecular weight excluding hydrogens is 256 g/mol. The van der Waals surface area contributed by atoms with Gasteiger partial charge < -0.3 is 5.32 Å². The fourth-order valence-electron chi connectivity index (χ4n) is 1.48. The zero-order valence-electron chi connectivity index (χ0n) is 9.85. The monoisotopic (exact) mass is 270 g/mol. The minimum atomic E-state index is 0.354. The van der Waals surface area contributed by atoms with Crippen LogP contribution < -0.4 is 5.32 Å². The van der Waals surface area contributed by atoms with Gasteiger partial charge in [-0.2, -0.15) is 16.7 Å². The van der Waals surface area contributed by atoms with Crippen molar-refractivity contribution in [3.63, 3.8) is 0 Å². The Morgan fingerprint density at radius 2 is 2.35 bits per heavy atom. The highest BCUT2D eigenvalue weighted by Gasteiger charge is 2.07. The van der Waals surface area contributed by atoms with Crippen molar-refractivity contribution in [2.75, 3.05) is 16.8 Å². The summed E-state index contributed by atoms with van der Waals surface area (Å²) in [7, 11) is 0. The van der Waals surface area contributed by atoms with Gasteiger partial charge in [0.1, 0.15) is 0 Å². The fraction of sp³-hybridized carbons (Fsp3) is 0.455. The maximum absolute atomic E-state index is 5.89. The number of nitrogens with zero attached hydrogens (tertiary/aromatic N) is 3. The van der Waals surface area contributed by atoms with Crippen LogP contribution in [0.5, 0.6) is 0 Å². The minimum Gasteiger partial charge on any atom is -0.350 e. The number of nitrogens with one attached hydrogen (secondary N) is 1. The summed E-state index contributed by atoms with van der Waals surface area (Å²) in [6.07, 6.45) is 1.75. The second kappa shape index (κ2) is 5.60. The van der Waals surface area contributed by atoms with Gasteiger partial charge in [-0.1, -0.05) is 18.5 Å². The number of aromatic nitrogens is 3. The smallest absolute Gasteiger partial charge is 0.243 e. The molecule has 0 aromatic carbocycles. The zero-order chi connectivity index (χ0) is 12.3. The van der Waals surface area contributed by atoms with Crippen LogP contribution in [0.15, 0.2) is 18.3 Å². The van der Waals surface area contributed by atoms with E-state index >= 15 is 0 Å². The first kappa shape index (κ1) is 12.5. The lowest BCUT2D eigenvalue weighted by Crippen LogP contribution is -2.18. The number of hydrogen-bond donors (Lipinski definition) is 1. The lowest BCUT2D eigenvalue weighted by Gasteiger charge is -2.10. The van der Waals surface area contributed by atoms with Gasteiger partial charge in [0.25, 0.3) is 0 Å². The Morgan fingerprint density at radius 3 is 3.12 bits per heavy atom. The van der Waals surface area contributed by atoms with Crippen LogP contribution in [0.4, 0.5) is 5.95 Å². The molecule has 0 spiro atoms. The molecule has 0 saturated heterocycles. The van der Waals surface area contributed by atoms with E-state index in [4.69, 9.17) is 11.6 Å². The highest BCUT2D eigenvalue weighted by molar-refractivity contribution is 7.99. The van der Waals surface area contributed by atoms with Crippen LogP contribution in [0.3, 0.4) is 0 Å². The predicted octanol–water partition coefficient (Wildman–Crippen LogP) is 2.94. The van der Waals surface area contributed by atoms with Crippen LogP contribution in [0.2, 0.25) is 5.02 Å². The van der Waals surface area contributed by atoms with Crippen LogP contribution >= 0.6 is 23.4 Å². The van der Waals surface area contributed by atoms with Gasteiger partial charge in [-0.05, 0) is 24.8 Å². The van der Waals surface area contributed by atoms with Crippen molar-refractivity contribution < 1.29 is 0 Å². The number of rotatable bonds is 5. The summed E-state index contributed by atoms with van der Waals surface area (Å²) in [4.78, 5) is 4.37. The number of hydrogen-bond acceptors (Lipinski definition) is 4.